The van der Waals surface area contributed by atoms with E-state index in [-0.39, 0.29) is 32.8 Å². The molecule has 120 valence electrons. The molecule has 0 radical (unpaired) electrons. The van der Waals surface area contributed by atoms with Gasteiger partial charge in [-0.2, -0.15) is 5.10 Å². The lowest BCUT2D eigenvalue weighted by Crippen LogP contribution is -1.95. The molecular weight excluding hydrogens is 345 g/mol. The van der Waals surface area contributed by atoms with E-state index in [0.29, 0.717) is 5.69 Å². The summed E-state index contributed by atoms with van der Waals surface area (Å²) in [6.07, 6.45) is 1.27. The van der Waals surface area contributed by atoms with Gasteiger partial charge in [-0.25, -0.2) is 0 Å². The molecule has 2 aromatic carbocycles. The Morgan fingerprint density at radius 2 is 2.00 bits per heavy atom. The van der Waals surface area contributed by atoms with E-state index in [0.717, 1.165) is 0 Å². The van der Waals surface area contributed by atoms with Gasteiger partial charge in [0, 0.05) is 18.2 Å². The average Bonchev–Trinajstić information content (AvgIpc) is 2.54. The normalized spacial score (nSPS) is 10.7. The van der Waals surface area contributed by atoms with E-state index in [2.05, 4.69) is 10.5 Å². The van der Waals surface area contributed by atoms with Crippen molar-refractivity contribution < 1.29 is 14.8 Å². The van der Waals surface area contributed by atoms with E-state index in [1.165, 1.54) is 43.7 Å². The zero-order valence-corrected chi connectivity index (χ0v) is 13.3. The minimum atomic E-state index is -0.497. The van der Waals surface area contributed by atoms with Crippen LogP contribution in [-0.2, 0) is 0 Å². The fourth-order valence-corrected chi connectivity index (χ4v) is 2.11. The number of rotatable bonds is 5. The number of phenols is 1. The molecule has 0 bridgehead atoms. The summed E-state index contributed by atoms with van der Waals surface area (Å²) in [4.78, 5) is 10.1. The topological polar surface area (TPSA) is 97.0 Å². The molecule has 0 heterocycles. The second kappa shape index (κ2) is 7.17. The Morgan fingerprint density at radius 1 is 1.35 bits per heavy atom. The van der Waals surface area contributed by atoms with Gasteiger partial charge in [0.15, 0.2) is 11.5 Å². The third-order valence-electron chi connectivity index (χ3n) is 2.88. The number of nitrogens with one attached hydrogen (secondary N) is 1. The highest BCUT2D eigenvalue weighted by molar-refractivity contribution is 6.43. The van der Waals surface area contributed by atoms with Crippen molar-refractivity contribution in [3.05, 3.63) is 56.1 Å². The van der Waals surface area contributed by atoms with Crippen molar-refractivity contribution in [2.24, 2.45) is 5.10 Å². The molecule has 2 rings (SSSR count). The number of ether oxygens (including phenoxy) is 1. The number of phenolic OH excluding ortho intramolecular Hbond substituents is 1. The van der Waals surface area contributed by atoms with E-state index in [4.69, 9.17) is 27.9 Å². The second-order valence-electron chi connectivity index (χ2n) is 4.31. The summed E-state index contributed by atoms with van der Waals surface area (Å²) < 4.78 is 4.98. The molecule has 0 fully saturated rings. The average molecular weight is 356 g/mol. The highest BCUT2D eigenvalue weighted by Crippen LogP contribution is 2.39. The number of benzene rings is 2. The van der Waals surface area contributed by atoms with E-state index in [9.17, 15) is 15.2 Å². The third kappa shape index (κ3) is 3.82. The molecule has 0 aromatic heterocycles. The van der Waals surface area contributed by atoms with E-state index >= 15 is 0 Å². The van der Waals surface area contributed by atoms with Crippen molar-refractivity contribution in [2.75, 3.05) is 12.5 Å². The summed E-state index contributed by atoms with van der Waals surface area (Å²) in [7, 11) is 1.38. The zero-order chi connectivity index (χ0) is 17.0. The summed E-state index contributed by atoms with van der Waals surface area (Å²) in [6.45, 7) is 0. The number of hydrogen-bond donors (Lipinski definition) is 2. The Balaban J connectivity index is 2.20. The predicted octanol–water partition coefficient (Wildman–Crippen LogP) is 4.06. The summed E-state index contributed by atoms with van der Waals surface area (Å²) in [5, 5.41) is 24.8. The maximum atomic E-state index is 10.6. The molecule has 7 nitrogen and oxygen atoms in total. The van der Waals surface area contributed by atoms with Crippen molar-refractivity contribution in [3.63, 3.8) is 0 Å². The first-order valence-electron chi connectivity index (χ1n) is 6.22. The lowest BCUT2D eigenvalue weighted by molar-refractivity contribution is -0.384. The monoisotopic (exact) mass is 355 g/mol. The molecule has 2 N–H and O–H groups in total. The van der Waals surface area contributed by atoms with Gasteiger partial charge in [0.2, 0.25) is 0 Å². The van der Waals surface area contributed by atoms with Gasteiger partial charge in [0.25, 0.3) is 5.69 Å². The number of hydrazone groups is 1. The molecule has 0 unspecified atom stereocenters. The summed E-state index contributed by atoms with van der Waals surface area (Å²) in [6, 6.07) is 7.06. The number of halogens is 2. The van der Waals surface area contributed by atoms with Crippen LogP contribution in [0.4, 0.5) is 11.4 Å². The first-order chi connectivity index (χ1) is 10.9. The number of hydrogen-bond acceptors (Lipinski definition) is 6. The van der Waals surface area contributed by atoms with Crippen LogP contribution in [0.15, 0.2) is 35.4 Å². The molecule has 2 aromatic rings. The Bertz CT molecular complexity index is 764. The molecule has 0 aliphatic rings. The van der Waals surface area contributed by atoms with Crippen LogP contribution in [0.3, 0.4) is 0 Å². The van der Waals surface area contributed by atoms with Gasteiger partial charge in [-0.05, 0) is 12.1 Å². The summed E-state index contributed by atoms with van der Waals surface area (Å²) in [5.41, 5.74) is 3.35. The Kier molecular flexibility index (Phi) is 5.25. The van der Waals surface area contributed by atoms with Crippen LogP contribution >= 0.6 is 23.2 Å². The number of aromatic hydroxyl groups is 1. The first kappa shape index (κ1) is 16.9. The molecule has 0 amide bonds. The fraction of sp³-hybridized carbons (Fsp3) is 0.0714. The Morgan fingerprint density at radius 3 is 2.57 bits per heavy atom. The van der Waals surface area contributed by atoms with Crippen LogP contribution in [0.5, 0.6) is 11.5 Å². The minimum Gasteiger partial charge on any atom is -0.504 e. The van der Waals surface area contributed by atoms with Crippen molar-refractivity contribution in [1.82, 2.24) is 0 Å². The highest BCUT2D eigenvalue weighted by Gasteiger charge is 2.14. The molecular formula is C14H11Cl2N3O4. The number of nitro groups is 1. The van der Waals surface area contributed by atoms with Gasteiger partial charge in [-0.15, -0.1) is 0 Å². The number of nitro benzene ring substituents is 1. The maximum Gasteiger partial charge on any atom is 0.269 e. The SMILES string of the molecule is COc1cc(Cl)c(Cl)c(/C=N/Nc2ccc([N+](=O)[O-])cc2)c1O. The van der Waals surface area contributed by atoms with Crippen LogP contribution in [-0.4, -0.2) is 23.4 Å². The zero-order valence-electron chi connectivity index (χ0n) is 11.8. The number of anilines is 1. The van der Waals surface area contributed by atoms with E-state index in [1.807, 2.05) is 0 Å². The predicted molar refractivity (Wildman–Crippen MR) is 89.0 cm³/mol. The summed E-state index contributed by atoms with van der Waals surface area (Å²) in [5.74, 6) is -0.0349. The van der Waals surface area contributed by atoms with Crippen molar-refractivity contribution in [3.8, 4) is 11.5 Å². The molecule has 0 saturated heterocycles. The van der Waals surface area contributed by atoms with Crippen molar-refractivity contribution in [2.45, 2.75) is 0 Å². The van der Waals surface area contributed by atoms with Gasteiger partial charge in [-0.1, -0.05) is 23.2 Å². The lowest BCUT2D eigenvalue weighted by atomic mass is 10.2. The quantitative estimate of drug-likeness (QED) is 0.478. The molecule has 0 atom stereocenters. The van der Waals surface area contributed by atoms with E-state index < -0.39 is 4.92 Å². The van der Waals surface area contributed by atoms with Crippen LogP contribution in [0, 0.1) is 10.1 Å². The minimum absolute atomic E-state index is 0.0280. The standard InChI is InChI=1S/C14H11Cl2N3O4/c1-23-12-6-11(15)13(16)10(14(12)20)7-17-18-8-2-4-9(5-3-8)19(21)22/h2-7,18,20H,1H3/b17-7+. The lowest BCUT2D eigenvalue weighted by Gasteiger charge is -2.09. The maximum absolute atomic E-state index is 10.6. The van der Waals surface area contributed by atoms with Crippen LogP contribution in [0.25, 0.3) is 0 Å². The number of non-ortho nitro benzene ring substituents is 1. The highest BCUT2D eigenvalue weighted by atomic mass is 35.5. The molecule has 0 spiro atoms. The molecule has 0 aliphatic heterocycles. The smallest absolute Gasteiger partial charge is 0.269 e. The summed E-state index contributed by atoms with van der Waals surface area (Å²) >= 11 is 12.0. The Labute approximate surface area is 141 Å². The van der Waals surface area contributed by atoms with Crippen LogP contribution < -0.4 is 10.2 Å². The van der Waals surface area contributed by atoms with Crippen molar-refractivity contribution >= 4 is 40.8 Å². The van der Waals surface area contributed by atoms with Gasteiger partial charge in [-0.3, -0.25) is 15.5 Å². The van der Waals surface area contributed by atoms with Gasteiger partial charge >= 0.3 is 0 Å². The van der Waals surface area contributed by atoms with Gasteiger partial charge in [0.05, 0.1) is 39.5 Å². The van der Waals surface area contributed by atoms with Crippen molar-refractivity contribution in [1.29, 1.82) is 0 Å². The van der Waals surface area contributed by atoms with Gasteiger partial charge in [0.1, 0.15) is 0 Å². The number of nitrogens with zero attached hydrogens (tertiary/aromatic N) is 2. The van der Waals surface area contributed by atoms with Crippen LogP contribution in [0.1, 0.15) is 5.56 Å². The molecule has 0 saturated carbocycles. The third-order valence-corrected chi connectivity index (χ3v) is 3.68. The fourth-order valence-electron chi connectivity index (χ4n) is 1.71. The van der Waals surface area contributed by atoms with Crippen LogP contribution in [0.2, 0.25) is 10.0 Å². The number of methoxy groups -OCH3 is 1. The largest absolute Gasteiger partial charge is 0.504 e. The van der Waals surface area contributed by atoms with Gasteiger partial charge < -0.3 is 9.84 Å². The molecule has 23 heavy (non-hydrogen) atoms. The molecule has 0 aliphatic carbocycles. The first-order valence-corrected chi connectivity index (χ1v) is 6.98. The molecule has 9 heteroatoms. The second-order valence-corrected chi connectivity index (χ2v) is 5.10. The van der Waals surface area contributed by atoms with E-state index in [1.54, 1.807) is 0 Å². The Hall–Kier alpha value is -2.51.